The van der Waals surface area contributed by atoms with Gasteiger partial charge in [-0.1, -0.05) is 13.8 Å². The molecule has 0 spiro atoms. The lowest BCUT2D eigenvalue weighted by Crippen LogP contribution is -2.20. The summed E-state index contributed by atoms with van der Waals surface area (Å²) in [6.45, 7) is 5.18. The highest BCUT2D eigenvalue weighted by Gasteiger charge is 2.42. The molecule has 4 N–H and O–H groups in total. The molecule has 0 aliphatic heterocycles. The lowest BCUT2D eigenvalue weighted by Gasteiger charge is -2.14. The molecule has 0 radical (unpaired) electrons. The lowest BCUT2D eigenvalue weighted by molar-refractivity contribution is 0.219. The van der Waals surface area contributed by atoms with Crippen LogP contribution in [0.2, 0.25) is 0 Å². The number of aryl methyl sites for hydroxylation is 1. The molecule has 17 heavy (non-hydrogen) atoms. The van der Waals surface area contributed by atoms with E-state index in [2.05, 4.69) is 24.3 Å². The second-order valence-electron chi connectivity index (χ2n) is 5.44. The van der Waals surface area contributed by atoms with Crippen molar-refractivity contribution in [2.45, 2.75) is 32.6 Å². The van der Waals surface area contributed by atoms with Gasteiger partial charge >= 0.3 is 0 Å². The molecule has 1 aliphatic carbocycles. The number of nitrogens with zero attached hydrogens (tertiary/aromatic N) is 2. The Kier molecular flexibility index (Phi) is 3.03. The second-order valence-corrected chi connectivity index (χ2v) is 5.44. The van der Waals surface area contributed by atoms with Crippen molar-refractivity contribution < 1.29 is 5.11 Å². The summed E-state index contributed by atoms with van der Waals surface area (Å²) >= 11 is 0. The van der Waals surface area contributed by atoms with Crippen molar-refractivity contribution in [2.75, 3.05) is 24.2 Å². The van der Waals surface area contributed by atoms with Crippen molar-refractivity contribution in [2.24, 2.45) is 12.5 Å². The van der Waals surface area contributed by atoms with Crippen molar-refractivity contribution in [3.05, 3.63) is 5.69 Å². The summed E-state index contributed by atoms with van der Waals surface area (Å²) in [5.74, 6) is 1.19. The Bertz CT molecular complexity index is 407. The standard InChI is InChI=1S/C12H22N4O/c1-8(2)10-9(13)11(16(3)15-10)14-6-12(7-17)4-5-12/h8,14,17H,4-7,13H2,1-3H3. The summed E-state index contributed by atoms with van der Waals surface area (Å²) in [4.78, 5) is 0. The molecule has 5 heteroatoms. The van der Waals surface area contributed by atoms with E-state index in [9.17, 15) is 5.11 Å². The largest absolute Gasteiger partial charge is 0.396 e. The van der Waals surface area contributed by atoms with E-state index < -0.39 is 0 Å². The predicted octanol–water partition coefficient (Wildman–Crippen LogP) is 1.31. The third kappa shape index (κ3) is 2.24. The van der Waals surface area contributed by atoms with Crippen molar-refractivity contribution in [1.82, 2.24) is 9.78 Å². The van der Waals surface area contributed by atoms with Crippen LogP contribution in [0.3, 0.4) is 0 Å². The molecule has 0 saturated heterocycles. The molecule has 1 fully saturated rings. The van der Waals surface area contributed by atoms with E-state index in [-0.39, 0.29) is 12.0 Å². The molecule has 1 heterocycles. The number of hydrogen-bond donors (Lipinski definition) is 3. The van der Waals surface area contributed by atoms with Gasteiger partial charge in [0.05, 0.1) is 18.0 Å². The summed E-state index contributed by atoms with van der Waals surface area (Å²) in [6, 6.07) is 0. The summed E-state index contributed by atoms with van der Waals surface area (Å²) < 4.78 is 1.79. The van der Waals surface area contributed by atoms with Crippen molar-refractivity contribution >= 4 is 11.5 Å². The molecule has 0 unspecified atom stereocenters. The van der Waals surface area contributed by atoms with Crippen LogP contribution in [0, 0.1) is 5.41 Å². The van der Waals surface area contributed by atoms with Crippen molar-refractivity contribution in [3.8, 4) is 0 Å². The number of aromatic nitrogens is 2. The Morgan fingerprint density at radius 1 is 1.53 bits per heavy atom. The first-order chi connectivity index (χ1) is 7.99. The van der Waals surface area contributed by atoms with Crippen LogP contribution in [0.4, 0.5) is 11.5 Å². The monoisotopic (exact) mass is 238 g/mol. The minimum absolute atomic E-state index is 0.0781. The van der Waals surface area contributed by atoms with Gasteiger partial charge in [0.1, 0.15) is 5.82 Å². The van der Waals surface area contributed by atoms with Crippen molar-refractivity contribution in [3.63, 3.8) is 0 Å². The van der Waals surface area contributed by atoms with Gasteiger partial charge in [-0.05, 0) is 18.8 Å². The third-order valence-electron chi connectivity index (χ3n) is 3.58. The Hall–Kier alpha value is -1.23. The van der Waals surface area contributed by atoms with Crippen LogP contribution in [-0.4, -0.2) is 28.0 Å². The molecule has 96 valence electrons. The first-order valence-electron chi connectivity index (χ1n) is 6.16. The first-order valence-corrected chi connectivity index (χ1v) is 6.16. The average Bonchev–Trinajstić information content (AvgIpc) is 3.00. The molecular weight excluding hydrogens is 216 g/mol. The number of hydrogen-bond acceptors (Lipinski definition) is 4. The van der Waals surface area contributed by atoms with E-state index in [0.717, 1.165) is 36.6 Å². The second kappa shape index (κ2) is 4.22. The number of anilines is 2. The quantitative estimate of drug-likeness (QED) is 0.723. The molecular formula is C12H22N4O. The van der Waals surface area contributed by atoms with Crippen LogP contribution >= 0.6 is 0 Å². The number of nitrogens with two attached hydrogens (primary N) is 1. The van der Waals surface area contributed by atoms with E-state index in [1.807, 2.05) is 7.05 Å². The van der Waals surface area contributed by atoms with Crippen LogP contribution in [0.5, 0.6) is 0 Å². The third-order valence-corrected chi connectivity index (χ3v) is 3.58. The van der Waals surface area contributed by atoms with E-state index in [0.29, 0.717) is 5.92 Å². The number of rotatable bonds is 5. The smallest absolute Gasteiger partial charge is 0.147 e. The molecule has 5 nitrogen and oxygen atoms in total. The topological polar surface area (TPSA) is 76.1 Å². The highest BCUT2D eigenvalue weighted by molar-refractivity contribution is 5.65. The van der Waals surface area contributed by atoms with Gasteiger partial charge in [0, 0.05) is 19.0 Å². The van der Waals surface area contributed by atoms with E-state index in [1.165, 1.54) is 0 Å². The first kappa shape index (κ1) is 12.2. The van der Waals surface area contributed by atoms with E-state index in [4.69, 9.17) is 5.73 Å². The number of aliphatic hydroxyl groups is 1. The zero-order valence-corrected chi connectivity index (χ0v) is 10.8. The van der Waals surface area contributed by atoms with Crippen LogP contribution in [0.15, 0.2) is 0 Å². The Balaban J connectivity index is 2.10. The fourth-order valence-corrected chi connectivity index (χ4v) is 2.04. The molecule has 0 atom stereocenters. The van der Waals surface area contributed by atoms with Gasteiger partial charge in [-0.15, -0.1) is 0 Å². The normalized spacial score (nSPS) is 17.5. The zero-order valence-electron chi connectivity index (χ0n) is 10.8. The Labute approximate surface area is 102 Å². The highest BCUT2D eigenvalue weighted by atomic mass is 16.3. The van der Waals surface area contributed by atoms with E-state index >= 15 is 0 Å². The summed E-state index contributed by atoms with van der Waals surface area (Å²) in [7, 11) is 1.89. The average molecular weight is 238 g/mol. The van der Waals surface area contributed by atoms with Gasteiger partial charge in [-0.25, -0.2) is 0 Å². The van der Waals surface area contributed by atoms with Gasteiger partial charge in [0.15, 0.2) is 0 Å². The highest BCUT2D eigenvalue weighted by Crippen LogP contribution is 2.45. The minimum atomic E-state index is 0.0781. The summed E-state index contributed by atoms with van der Waals surface area (Å²) in [5, 5.41) is 17.0. The SMILES string of the molecule is CC(C)c1nn(C)c(NCC2(CO)CC2)c1N. The van der Waals surface area contributed by atoms with Gasteiger partial charge in [-0.3, -0.25) is 4.68 Å². The fraction of sp³-hybridized carbons (Fsp3) is 0.750. The summed E-state index contributed by atoms with van der Waals surface area (Å²) in [6.07, 6.45) is 2.18. The minimum Gasteiger partial charge on any atom is -0.396 e. The van der Waals surface area contributed by atoms with Crippen molar-refractivity contribution in [1.29, 1.82) is 0 Å². The molecule has 0 bridgehead atoms. The lowest BCUT2D eigenvalue weighted by atomic mass is 10.1. The number of nitrogens with one attached hydrogen (secondary N) is 1. The van der Waals surface area contributed by atoms with E-state index in [1.54, 1.807) is 4.68 Å². The molecule has 2 rings (SSSR count). The van der Waals surface area contributed by atoms with Crippen LogP contribution < -0.4 is 11.1 Å². The molecule has 1 saturated carbocycles. The van der Waals surface area contributed by atoms with Gasteiger partial charge in [0.2, 0.25) is 0 Å². The molecule has 1 aromatic rings. The number of nitrogen functional groups attached to an aromatic ring is 1. The van der Waals surface area contributed by atoms with Crippen LogP contribution in [0.25, 0.3) is 0 Å². The summed E-state index contributed by atoms with van der Waals surface area (Å²) in [5.41, 5.74) is 7.83. The molecule has 0 amide bonds. The molecule has 1 aromatic heterocycles. The zero-order chi connectivity index (χ0) is 12.6. The van der Waals surface area contributed by atoms with Crippen LogP contribution in [-0.2, 0) is 7.05 Å². The Morgan fingerprint density at radius 2 is 2.18 bits per heavy atom. The predicted molar refractivity (Wildman–Crippen MR) is 69.0 cm³/mol. The van der Waals surface area contributed by atoms with Crippen LogP contribution in [0.1, 0.15) is 38.3 Å². The maximum atomic E-state index is 9.27. The maximum Gasteiger partial charge on any atom is 0.147 e. The Morgan fingerprint density at radius 3 is 2.59 bits per heavy atom. The van der Waals surface area contributed by atoms with Gasteiger partial charge in [-0.2, -0.15) is 5.10 Å². The van der Waals surface area contributed by atoms with Gasteiger partial charge < -0.3 is 16.2 Å². The number of aliphatic hydroxyl groups excluding tert-OH is 1. The maximum absolute atomic E-state index is 9.27. The molecule has 0 aromatic carbocycles. The molecule has 1 aliphatic rings. The van der Waals surface area contributed by atoms with Gasteiger partial charge in [0.25, 0.3) is 0 Å². The fourth-order valence-electron chi connectivity index (χ4n) is 2.04.